The van der Waals surface area contributed by atoms with Gasteiger partial charge in [0, 0.05) is 25.2 Å². The van der Waals surface area contributed by atoms with E-state index < -0.39 is 0 Å². The van der Waals surface area contributed by atoms with Gasteiger partial charge in [-0.2, -0.15) is 0 Å². The molecule has 162 valence electrons. The molecule has 2 aromatic heterocycles. The molecule has 0 N–H and O–H groups in total. The van der Waals surface area contributed by atoms with Crippen molar-refractivity contribution in [2.24, 2.45) is 0 Å². The maximum atomic E-state index is 13.3. The summed E-state index contributed by atoms with van der Waals surface area (Å²) in [5.41, 5.74) is 1.17. The Morgan fingerprint density at radius 1 is 1.10 bits per heavy atom. The number of thiophene rings is 1. The van der Waals surface area contributed by atoms with Crippen molar-refractivity contribution < 1.29 is 14.3 Å². The van der Waals surface area contributed by atoms with E-state index >= 15 is 0 Å². The lowest BCUT2D eigenvalue weighted by Gasteiger charge is -2.24. The molecule has 0 unspecified atom stereocenters. The smallest absolute Gasteiger partial charge is 0.262 e. The Bertz CT molecular complexity index is 1010. The highest BCUT2D eigenvalue weighted by atomic mass is 35.5. The number of aromatic nitrogens is 1. The van der Waals surface area contributed by atoms with Gasteiger partial charge in [-0.3, -0.25) is 9.69 Å². The Balaban J connectivity index is 0.00000256. The third-order valence-corrected chi connectivity index (χ3v) is 7.30. The van der Waals surface area contributed by atoms with Crippen LogP contribution in [0.3, 0.4) is 0 Å². The third-order valence-electron chi connectivity index (χ3n) is 4.77. The van der Waals surface area contributed by atoms with Crippen molar-refractivity contribution in [1.29, 1.82) is 0 Å². The first kappa shape index (κ1) is 23.4. The maximum absolute atomic E-state index is 13.3. The molecule has 0 spiro atoms. The minimum Gasteiger partial charge on any atom is -0.454 e. The minimum absolute atomic E-state index is 0. The monoisotopic (exact) mass is 507 g/mol. The number of rotatable bonds is 7. The Labute approximate surface area is 198 Å². The average Bonchev–Trinajstić information content (AvgIpc) is 3.40. The van der Waals surface area contributed by atoms with Crippen LogP contribution in [0.2, 0.25) is 8.67 Å². The van der Waals surface area contributed by atoms with Crippen molar-refractivity contribution >= 4 is 79.5 Å². The molecule has 0 saturated carbocycles. The quantitative estimate of drug-likeness (QED) is 0.403. The van der Waals surface area contributed by atoms with Crippen molar-refractivity contribution in [3.63, 3.8) is 0 Å². The van der Waals surface area contributed by atoms with E-state index in [0.717, 1.165) is 29.9 Å². The van der Waals surface area contributed by atoms with Crippen molar-refractivity contribution in [2.75, 3.05) is 37.9 Å². The summed E-state index contributed by atoms with van der Waals surface area (Å²) in [6.45, 7) is 7.46. The highest BCUT2D eigenvalue weighted by Gasteiger charge is 2.26. The first-order valence-corrected chi connectivity index (χ1v) is 11.6. The van der Waals surface area contributed by atoms with E-state index in [4.69, 9.17) is 37.7 Å². The average molecular weight is 509 g/mol. The molecule has 0 aliphatic carbocycles. The summed E-state index contributed by atoms with van der Waals surface area (Å²) in [7, 11) is 0. The van der Waals surface area contributed by atoms with Crippen LogP contribution in [0.15, 0.2) is 18.2 Å². The molecular weight excluding hydrogens is 489 g/mol. The number of anilines is 1. The lowest BCUT2D eigenvalue weighted by Crippen LogP contribution is -2.38. The number of likely N-dealkylation sites (N-methyl/N-ethyl adjacent to an activating group) is 1. The lowest BCUT2D eigenvalue weighted by atomic mass is 10.3. The fourth-order valence-corrected chi connectivity index (χ4v) is 5.57. The molecule has 0 atom stereocenters. The number of amides is 1. The molecule has 6 nitrogen and oxygen atoms in total. The van der Waals surface area contributed by atoms with E-state index in [9.17, 15) is 4.79 Å². The molecule has 0 radical (unpaired) electrons. The molecule has 30 heavy (non-hydrogen) atoms. The molecule has 11 heteroatoms. The fourth-order valence-electron chi connectivity index (χ4n) is 3.12. The van der Waals surface area contributed by atoms with Gasteiger partial charge in [0.15, 0.2) is 16.6 Å². The molecule has 1 aliphatic heterocycles. The topological polar surface area (TPSA) is 54.9 Å². The van der Waals surface area contributed by atoms with Crippen molar-refractivity contribution in [2.45, 2.75) is 13.8 Å². The molecule has 4 rings (SSSR count). The van der Waals surface area contributed by atoms with Gasteiger partial charge in [0.25, 0.3) is 5.91 Å². The van der Waals surface area contributed by atoms with E-state index in [0.29, 0.717) is 37.4 Å². The Morgan fingerprint density at radius 3 is 2.43 bits per heavy atom. The molecule has 3 aromatic rings. The number of hydrogen-bond acceptors (Lipinski definition) is 7. The minimum atomic E-state index is -0.204. The lowest BCUT2D eigenvalue weighted by molar-refractivity contribution is 0.0984. The molecule has 0 saturated heterocycles. The maximum Gasteiger partial charge on any atom is 0.262 e. The van der Waals surface area contributed by atoms with Gasteiger partial charge in [-0.15, -0.1) is 23.7 Å². The number of benzene rings is 1. The first-order chi connectivity index (χ1) is 14.0. The fraction of sp³-hybridized carbons (Fsp3) is 0.368. The molecule has 0 bridgehead atoms. The van der Waals surface area contributed by atoms with Crippen LogP contribution >= 0.6 is 58.3 Å². The first-order valence-electron chi connectivity index (χ1n) is 9.19. The van der Waals surface area contributed by atoms with Crippen LogP contribution in [0.5, 0.6) is 11.5 Å². The number of hydrogen-bond donors (Lipinski definition) is 0. The number of thiazole rings is 1. The summed E-state index contributed by atoms with van der Waals surface area (Å²) >= 11 is 15.0. The van der Waals surface area contributed by atoms with E-state index in [2.05, 4.69) is 18.7 Å². The number of carbonyl (C=O) groups is 1. The molecule has 1 amide bonds. The molecule has 1 aliphatic rings. The predicted octanol–water partition coefficient (Wildman–Crippen LogP) is 5.80. The molecule has 0 fully saturated rings. The number of ether oxygens (including phenoxy) is 2. The Kier molecular flexibility index (Phi) is 7.71. The summed E-state index contributed by atoms with van der Waals surface area (Å²) in [5, 5.41) is 0.610. The van der Waals surface area contributed by atoms with Gasteiger partial charge in [-0.25, -0.2) is 4.98 Å². The second-order valence-corrected chi connectivity index (χ2v) is 9.69. The van der Waals surface area contributed by atoms with E-state index in [-0.39, 0.29) is 25.1 Å². The predicted molar refractivity (Wildman–Crippen MR) is 127 cm³/mol. The highest BCUT2D eigenvalue weighted by Crippen LogP contribution is 2.40. The van der Waals surface area contributed by atoms with Crippen molar-refractivity contribution in [3.05, 3.63) is 32.4 Å². The molecular formula is C19H20Cl3N3O3S2. The van der Waals surface area contributed by atoms with Gasteiger partial charge in [0.2, 0.25) is 6.79 Å². The van der Waals surface area contributed by atoms with Gasteiger partial charge in [-0.05, 0) is 19.2 Å². The summed E-state index contributed by atoms with van der Waals surface area (Å²) in [5.74, 6) is 1.16. The van der Waals surface area contributed by atoms with Gasteiger partial charge < -0.3 is 14.4 Å². The normalized spacial score (nSPS) is 12.4. The van der Waals surface area contributed by atoms with Gasteiger partial charge in [0.05, 0.1) is 20.1 Å². The Morgan fingerprint density at radius 2 is 1.80 bits per heavy atom. The van der Waals surface area contributed by atoms with Crippen LogP contribution in [0.25, 0.3) is 10.2 Å². The number of carbonyl (C=O) groups excluding carboxylic acids is 1. The largest absolute Gasteiger partial charge is 0.454 e. The summed E-state index contributed by atoms with van der Waals surface area (Å²) in [6.07, 6.45) is 0. The Hall–Kier alpha value is -1.29. The number of fused-ring (bicyclic) bond motifs is 2. The van der Waals surface area contributed by atoms with Crippen LogP contribution in [0, 0.1) is 0 Å². The van der Waals surface area contributed by atoms with Gasteiger partial charge >= 0.3 is 0 Å². The zero-order valence-electron chi connectivity index (χ0n) is 16.3. The van der Waals surface area contributed by atoms with Crippen LogP contribution < -0.4 is 14.4 Å². The molecule has 3 heterocycles. The zero-order chi connectivity index (χ0) is 20.5. The van der Waals surface area contributed by atoms with Crippen LogP contribution in [0.4, 0.5) is 5.13 Å². The van der Waals surface area contributed by atoms with Gasteiger partial charge in [0.1, 0.15) is 4.34 Å². The SMILES string of the molecule is CCN(CC)CCN(C(=O)c1cc(Cl)sc1Cl)c1nc2cc3c(cc2s1)OCO3.Cl. The third kappa shape index (κ3) is 4.64. The molecule has 1 aromatic carbocycles. The van der Waals surface area contributed by atoms with Crippen LogP contribution in [-0.2, 0) is 0 Å². The number of halogens is 3. The highest BCUT2D eigenvalue weighted by molar-refractivity contribution is 7.22. The van der Waals surface area contributed by atoms with E-state index in [1.807, 2.05) is 12.1 Å². The van der Waals surface area contributed by atoms with E-state index in [1.54, 1.807) is 11.0 Å². The van der Waals surface area contributed by atoms with Crippen molar-refractivity contribution in [3.8, 4) is 11.5 Å². The van der Waals surface area contributed by atoms with E-state index in [1.165, 1.54) is 22.7 Å². The number of nitrogens with zero attached hydrogens (tertiary/aromatic N) is 3. The summed E-state index contributed by atoms with van der Waals surface area (Å²) < 4.78 is 12.7. The second kappa shape index (κ2) is 9.89. The van der Waals surface area contributed by atoms with Gasteiger partial charge in [-0.1, -0.05) is 48.4 Å². The zero-order valence-corrected chi connectivity index (χ0v) is 20.3. The summed E-state index contributed by atoms with van der Waals surface area (Å²) in [6, 6.07) is 5.37. The summed E-state index contributed by atoms with van der Waals surface area (Å²) in [4.78, 5) is 22.0. The second-order valence-electron chi connectivity index (χ2n) is 6.39. The van der Waals surface area contributed by atoms with Crippen molar-refractivity contribution in [1.82, 2.24) is 9.88 Å². The standard InChI is InChI=1S/C19H19Cl2N3O3S2.ClH/c1-3-23(4-2)5-6-24(18(25)11-7-16(20)29-17(11)21)19-22-12-8-13-14(27-10-26-13)9-15(12)28-19;/h7-9H,3-6,10H2,1-2H3;1H. The van der Waals surface area contributed by atoms with Crippen LogP contribution in [-0.4, -0.2) is 48.8 Å². The van der Waals surface area contributed by atoms with Crippen LogP contribution in [0.1, 0.15) is 24.2 Å².